The van der Waals surface area contributed by atoms with Gasteiger partial charge in [-0.05, 0) is 36.6 Å². The first kappa shape index (κ1) is 13.4. The second kappa shape index (κ2) is 5.47. The number of rotatable bonds is 1. The Hall–Kier alpha value is -2.31. The van der Waals surface area contributed by atoms with E-state index in [-0.39, 0.29) is 12.1 Å². The van der Waals surface area contributed by atoms with E-state index in [1.807, 2.05) is 24.3 Å². The molecule has 4 rings (SSSR count). The highest BCUT2D eigenvalue weighted by Gasteiger charge is 2.39. The summed E-state index contributed by atoms with van der Waals surface area (Å²) in [6, 6.07) is 18.9. The van der Waals surface area contributed by atoms with Crippen LogP contribution in [0, 0.1) is 17.2 Å². The van der Waals surface area contributed by atoms with Crippen molar-refractivity contribution in [2.24, 2.45) is 5.92 Å². The van der Waals surface area contributed by atoms with Gasteiger partial charge in [-0.3, -0.25) is 0 Å². The van der Waals surface area contributed by atoms with Crippen LogP contribution < -0.4 is 5.32 Å². The van der Waals surface area contributed by atoms with Gasteiger partial charge in [0.1, 0.15) is 0 Å². The Labute approximate surface area is 130 Å². The molecule has 2 aromatic rings. The number of anilines is 1. The monoisotopic (exact) mass is 290 g/mol. The third-order valence-corrected chi connectivity index (χ3v) is 4.75. The highest BCUT2D eigenvalue weighted by atomic mass is 16.5. The van der Waals surface area contributed by atoms with Gasteiger partial charge in [-0.2, -0.15) is 5.26 Å². The summed E-state index contributed by atoms with van der Waals surface area (Å²) < 4.78 is 6.11. The molecule has 1 saturated heterocycles. The quantitative estimate of drug-likeness (QED) is 0.856. The first-order valence-electron chi connectivity index (χ1n) is 7.84. The third-order valence-electron chi connectivity index (χ3n) is 4.75. The van der Waals surface area contributed by atoms with Crippen LogP contribution in [0.2, 0.25) is 0 Å². The molecule has 3 heteroatoms. The molecular weight excluding hydrogens is 272 g/mol. The lowest BCUT2D eigenvalue weighted by atomic mass is 9.77. The third kappa shape index (κ3) is 2.17. The predicted octanol–water partition coefficient (Wildman–Crippen LogP) is 4.19. The fourth-order valence-electron chi connectivity index (χ4n) is 3.73. The van der Waals surface area contributed by atoms with E-state index in [1.54, 1.807) is 0 Å². The summed E-state index contributed by atoms with van der Waals surface area (Å²) in [4.78, 5) is 0. The smallest absolute Gasteiger partial charge is 0.0991 e. The summed E-state index contributed by atoms with van der Waals surface area (Å²) >= 11 is 0. The molecule has 3 nitrogen and oxygen atoms in total. The molecule has 22 heavy (non-hydrogen) atoms. The molecule has 3 atom stereocenters. The SMILES string of the molecule is N#Cc1ccc2c(c1)[C@@H]1OCCC[C@H]1[C@@H](c1ccccc1)N2. The second-order valence-electron chi connectivity index (χ2n) is 6.04. The summed E-state index contributed by atoms with van der Waals surface area (Å²) in [7, 11) is 0. The molecule has 2 heterocycles. The van der Waals surface area contributed by atoms with Crippen molar-refractivity contribution in [3.05, 3.63) is 65.2 Å². The number of ether oxygens (including phenoxy) is 1. The van der Waals surface area contributed by atoms with Crippen molar-refractivity contribution >= 4 is 5.69 Å². The van der Waals surface area contributed by atoms with Crippen LogP contribution in [-0.2, 0) is 4.74 Å². The Kier molecular flexibility index (Phi) is 3.32. The predicted molar refractivity (Wildman–Crippen MR) is 85.4 cm³/mol. The first-order chi connectivity index (χ1) is 10.9. The molecule has 0 bridgehead atoms. The van der Waals surface area contributed by atoms with Crippen LogP contribution >= 0.6 is 0 Å². The zero-order valence-electron chi connectivity index (χ0n) is 12.3. The molecule has 2 aromatic carbocycles. The Balaban J connectivity index is 1.79. The van der Waals surface area contributed by atoms with E-state index in [1.165, 1.54) is 5.56 Å². The van der Waals surface area contributed by atoms with Crippen molar-refractivity contribution in [2.45, 2.75) is 25.0 Å². The largest absolute Gasteiger partial charge is 0.378 e. The molecule has 1 fully saturated rings. The lowest BCUT2D eigenvalue weighted by Gasteiger charge is -2.43. The number of benzene rings is 2. The number of hydrogen-bond acceptors (Lipinski definition) is 3. The molecule has 0 aliphatic carbocycles. The van der Waals surface area contributed by atoms with Gasteiger partial charge in [-0.25, -0.2) is 0 Å². The Morgan fingerprint density at radius 1 is 1.14 bits per heavy atom. The van der Waals surface area contributed by atoms with Gasteiger partial charge in [0.25, 0.3) is 0 Å². The maximum atomic E-state index is 9.15. The number of fused-ring (bicyclic) bond motifs is 3. The van der Waals surface area contributed by atoms with Gasteiger partial charge in [0.15, 0.2) is 0 Å². The summed E-state index contributed by atoms with van der Waals surface area (Å²) in [5.41, 5.74) is 4.23. The van der Waals surface area contributed by atoms with E-state index in [4.69, 9.17) is 10.00 Å². The van der Waals surface area contributed by atoms with Crippen LogP contribution in [0.3, 0.4) is 0 Å². The molecule has 1 N–H and O–H groups in total. The summed E-state index contributed by atoms with van der Waals surface area (Å²) in [6.07, 6.45) is 2.33. The summed E-state index contributed by atoms with van der Waals surface area (Å²) in [5, 5.41) is 12.8. The van der Waals surface area contributed by atoms with Crippen molar-refractivity contribution in [3.63, 3.8) is 0 Å². The van der Waals surface area contributed by atoms with Gasteiger partial charge in [-0.15, -0.1) is 0 Å². The highest BCUT2D eigenvalue weighted by molar-refractivity contribution is 5.59. The lowest BCUT2D eigenvalue weighted by molar-refractivity contribution is -0.0381. The van der Waals surface area contributed by atoms with Crippen LogP contribution in [-0.4, -0.2) is 6.61 Å². The highest BCUT2D eigenvalue weighted by Crippen LogP contribution is 2.49. The first-order valence-corrected chi connectivity index (χ1v) is 7.84. The van der Waals surface area contributed by atoms with Crippen molar-refractivity contribution in [1.82, 2.24) is 0 Å². The number of nitrogens with one attached hydrogen (secondary N) is 1. The van der Waals surface area contributed by atoms with Gasteiger partial charge >= 0.3 is 0 Å². The van der Waals surface area contributed by atoms with E-state index >= 15 is 0 Å². The topological polar surface area (TPSA) is 45.0 Å². The molecular formula is C19H18N2O. The summed E-state index contributed by atoms with van der Waals surface area (Å²) in [5.74, 6) is 0.414. The standard InChI is InChI=1S/C19H18N2O/c20-12-13-8-9-17-16(11-13)19-15(7-4-10-22-19)18(21-17)14-5-2-1-3-6-14/h1-3,5-6,8-9,11,15,18-19,21H,4,7,10H2/t15-,18+,19+/m0/s1. The number of hydrogen-bond donors (Lipinski definition) is 1. The minimum atomic E-state index is 0.0866. The van der Waals surface area contributed by atoms with Crippen molar-refractivity contribution in [1.29, 1.82) is 5.26 Å². The van der Waals surface area contributed by atoms with Gasteiger partial charge in [0, 0.05) is 23.8 Å². The van der Waals surface area contributed by atoms with Gasteiger partial charge in [0.2, 0.25) is 0 Å². The normalized spacial score (nSPS) is 26.2. The van der Waals surface area contributed by atoms with E-state index in [2.05, 4.69) is 35.7 Å². The zero-order valence-corrected chi connectivity index (χ0v) is 12.3. The van der Waals surface area contributed by atoms with Gasteiger partial charge in [-0.1, -0.05) is 30.3 Å². The Morgan fingerprint density at radius 3 is 2.82 bits per heavy atom. The zero-order chi connectivity index (χ0) is 14.9. The van der Waals surface area contributed by atoms with Gasteiger partial charge < -0.3 is 10.1 Å². The second-order valence-corrected chi connectivity index (χ2v) is 6.04. The van der Waals surface area contributed by atoms with E-state index < -0.39 is 0 Å². The fraction of sp³-hybridized carbons (Fsp3) is 0.316. The Bertz CT molecular complexity index is 720. The van der Waals surface area contributed by atoms with Crippen molar-refractivity contribution in [2.75, 3.05) is 11.9 Å². The van der Waals surface area contributed by atoms with Gasteiger partial charge in [0.05, 0.1) is 23.8 Å². The Morgan fingerprint density at radius 2 is 2.00 bits per heavy atom. The molecule has 2 aliphatic heterocycles. The molecule has 0 spiro atoms. The van der Waals surface area contributed by atoms with Crippen LogP contribution in [0.4, 0.5) is 5.69 Å². The van der Waals surface area contributed by atoms with Crippen molar-refractivity contribution in [3.8, 4) is 6.07 Å². The molecule has 0 saturated carbocycles. The van der Waals surface area contributed by atoms with Crippen LogP contribution in [0.15, 0.2) is 48.5 Å². The lowest BCUT2D eigenvalue weighted by Crippen LogP contribution is -2.36. The molecule has 0 amide bonds. The fourth-order valence-corrected chi connectivity index (χ4v) is 3.73. The average Bonchev–Trinajstić information content (AvgIpc) is 2.61. The van der Waals surface area contributed by atoms with E-state index in [9.17, 15) is 0 Å². The van der Waals surface area contributed by atoms with Crippen LogP contribution in [0.25, 0.3) is 0 Å². The molecule has 2 aliphatic rings. The molecule has 110 valence electrons. The minimum absolute atomic E-state index is 0.0866. The van der Waals surface area contributed by atoms with E-state index in [0.717, 1.165) is 30.7 Å². The minimum Gasteiger partial charge on any atom is -0.378 e. The molecule has 0 aromatic heterocycles. The number of nitriles is 1. The maximum absolute atomic E-state index is 9.15. The maximum Gasteiger partial charge on any atom is 0.0991 e. The van der Waals surface area contributed by atoms with Crippen LogP contribution in [0.5, 0.6) is 0 Å². The summed E-state index contributed by atoms with van der Waals surface area (Å²) in [6.45, 7) is 0.804. The number of nitrogens with zero attached hydrogens (tertiary/aromatic N) is 1. The van der Waals surface area contributed by atoms with Crippen LogP contribution in [0.1, 0.15) is 41.7 Å². The molecule has 0 radical (unpaired) electrons. The van der Waals surface area contributed by atoms with E-state index in [0.29, 0.717) is 11.5 Å². The average molecular weight is 290 g/mol. The van der Waals surface area contributed by atoms with Crippen molar-refractivity contribution < 1.29 is 4.74 Å². The molecule has 0 unspecified atom stereocenters.